The quantitative estimate of drug-likeness (QED) is 0.916. The summed E-state index contributed by atoms with van der Waals surface area (Å²) in [7, 11) is 0. The van der Waals surface area contributed by atoms with Crippen molar-refractivity contribution in [3.8, 4) is 0 Å². The molecule has 1 aliphatic rings. The predicted molar refractivity (Wildman–Crippen MR) is 69.3 cm³/mol. The van der Waals surface area contributed by atoms with Crippen LogP contribution in [0.1, 0.15) is 16.2 Å². The number of thiophene rings is 1. The Labute approximate surface area is 102 Å². The second-order valence-corrected chi connectivity index (χ2v) is 6.90. The average Bonchev–Trinajstić information content (AvgIpc) is 2.74. The first kappa shape index (κ1) is 11.0. The van der Waals surface area contributed by atoms with E-state index in [1.807, 2.05) is 11.3 Å². The number of halogens is 1. The fourth-order valence-electron chi connectivity index (χ4n) is 1.55. The molecule has 78 valence electrons. The lowest BCUT2D eigenvalue weighted by Crippen LogP contribution is -2.27. The van der Waals surface area contributed by atoms with E-state index in [0.29, 0.717) is 0 Å². The van der Waals surface area contributed by atoms with Crippen LogP contribution >= 0.6 is 39.0 Å². The Balaban J connectivity index is 1.85. The highest BCUT2D eigenvalue weighted by atomic mass is 79.9. The molecule has 4 heteroatoms. The summed E-state index contributed by atoms with van der Waals surface area (Å²) in [6.07, 6.45) is 1.33. The zero-order valence-corrected chi connectivity index (χ0v) is 11.4. The van der Waals surface area contributed by atoms with Gasteiger partial charge < -0.3 is 5.32 Å². The van der Waals surface area contributed by atoms with Crippen LogP contribution in [0, 0.1) is 6.92 Å². The monoisotopic (exact) mass is 291 g/mol. The van der Waals surface area contributed by atoms with Gasteiger partial charge in [-0.2, -0.15) is 11.8 Å². The van der Waals surface area contributed by atoms with Crippen LogP contribution in [0.5, 0.6) is 0 Å². The lowest BCUT2D eigenvalue weighted by atomic mass is 10.2. The predicted octanol–water partition coefficient (Wildman–Crippen LogP) is 3.41. The van der Waals surface area contributed by atoms with Crippen LogP contribution in [0.2, 0.25) is 0 Å². The lowest BCUT2D eigenvalue weighted by molar-refractivity contribution is 0.561. The zero-order chi connectivity index (χ0) is 9.97. The van der Waals surface area contributed by atoms with Crippen molar-refractivity contribution in [3.05, 3.63) is 20.3 Å². The maximum absolute atomic E-state index is 3.61. The van der Waals surface area contributed by atoms with Crippen molar-refractivity contribution in [1.29, 1.82) is 0 Å². The summed E-state index contributed by atoms with van der Waals surface area (Å²) in [6.45, 7) is 3.19. The van der Waals surface area contributed by atoms with Crippen molar-refractivity contribution in [2.24, 2.45) is 0 Å². The van der Waals surface area contributed by atoms with Gasteiger partial charge in [0.1, 0.15) is 0 Å². The average molecular weight is 292 g/mol. The Morgan fingerprint density at radius 3 is 3.07 bits per heavy atom. The lowest BCUT2D eigenvalue weighted by Gasteiger charge is -2.09. The van der Waals surface area contributed by atoms with Crippen LogP contribution in [0.3, 0.4) is 0 Å². The van der Waals surface area contributed by atoms with Crippen LogP contribution in [-0.2, 0) is 6.54 Å². The molecule has 0 amide bonds. The van der Waals surface area contributed by atoms with E-state index in [9.17, 15) is 0 Å². The largest absolute Gasteiger partial charge is 0.308 e. The highest BCUT2D eigenvalue weighted by Crippen LogP contribution is 2.26. The molecule has 1 fully saturated rings. The summed E-state index contributed by atoms with van der Waals surface area (Å²) in [6, 6.07) is 2.97. The van der Waals surface area contributed by atoms with E-state index >= 15 is 0 Å². The van der Waals surface area contributed by atoms with E-state index in [1.165, 1.54) is 32.2 Å². The molecular weight excluding hydrogens is 278 g/mol. The molecule has 14 heavy (non-hydrogen) atoms. The van der Waals surface area contributed by atoms with Gasteiger partial charge in [0, 0.05) is 32.6 Å². The maximum Gasteiger partial charge on any atom is 0.0314 e. The first-order valence-corrected chi connectivity index (χ1v) is 7.58. The molecule has 1 unspecified atom stereocenters. The molecule has 1 aliphatic heterocycles. The second kappa shape index (κ2) is 5.01. The van der Waals surface area contributed by atoms with Gasteiger partial charge in [-0.3, -0.25) is 0 Å². The fourth-order valence-corrected chi connectivity index (χ4v) is 4.28. The second-order valence-electron chi connectivity index (χ2n) is 3.56. The Morgan fingerprint density at radius 1 is 1.64 bits per heavy atom. The summed E-state index contributed by atoms with van der Waals surface area (Å²) in [4.78, 5) is 2.81. The molecule has 0 radical (unpaired) electrons. The van der Waals surface area contributed by atoms with Crippen LogP contribution < -0.4 is 5.32 Å². The third kappa shape index (κ3) is 2.75. The molecular formula is C10H14BrNS2. The van der Waals surface area contributed by atoms with Gasteiger partial charge in [-0.15, -0.1) is 11.3 Å². The first-order valence-electron chi connectivity index (χ1n) is 4.81. The van der Waals surface area contributed by atoms with E-state index in [-0.39, 0.29) is 0 Å². The molecule has 2 heterocycles. The molecule has 0 aliphatic carbocycles. The van der Waals surface area contributed by atoms with Crippen molar-refractivity contribution in [3.63, 3.8) is 0 Å². The highest BCUT2D eigenvalue weighted by Gasteiger charge is 2.14. The number of rotatable bonds is 3. The number of nitrogens with one attached hydrogen (secondary N) is 1. The van der Waals surface area contributed by atoms with Gasteiger partial charge in [-0.25, -0.2) is 0 Å². The SMILES string of the molecule is Cc1sc(CNC2CCSC2)cc1Br. The first-order chi connectivity index (χ1) is 6.75. The van der Waals surface area contributed by atoms with Gasteiger partial charge in [0.15, 0.2) is 0 Å². The van der Waals surface area contributed by atoms with Crippen molar-refractivity contribution in [2.45, 2.75) is 25.9 Å². The number of hydrogen-bond acceptors (Lipinski definition) is 3. The highest BCUT2D eigenvalue weighted by molar-refractivity contribution is 9.10. The van der Waals surface area contributed by atoms with Crippen molar-refractivity contribution < 1.29 is 0 Å². The third-order valence-corrected chi connectivity index (χ3v) is 5.70. The summed E-state index contributed by atoms with van der Waals surface area (Å²) >= 11 is 7.49. The molecule has 0 aromatic carbocycles. The number of hydrogen-bond donors (Lipinski definition) is 1. The molecule has 1 N–H and O–H groups in total. The summed E-state index contributed by atoms with van der Waals surface area (Å²) < 4.78 is 1.25. The van der Waals surface area contributed by atoms with E-state index in [1.54, 1.807) is 0 Å². The topological polar surface area (TPSA) is 12.0 Å². The van der Waals surface area contributed by atoms with Gasteiger partial charge in [0.25, 0.3) is 0 Å². The van der Waals surface area contributed by atoms with Gasteiger partial charge >= 0.3 is 0 Å². The number of thioether (sulfide) groups is 1. The van der Waals surface area contributed by atoms with Crippen molar-refractivity contribution >= 4 is 39.0 Å². The van der Waals surface area contributed by atoms with Gasteiger partial charge in [0.2, 0.25) is 0 Å². The molecule has 2 rings (SSSR count). The normalized spacial score (nSPS) is 21.7. The minimum absolute atomic E-state index is 0.737. The number of aryl methyl sites for hydroxylation is 1. The van der Waals surface area contributed by atoms with E-state index in [0.717, 1.165) is 12.6 Å². The summed E-state index contributed by atoms with van der Waals surface area (Å²) in [5.41, 5.74) is 0. The van der Waals surface area contributed by atoms with Gasteiger partial charge in [-0.1, -0.05) is 0 Å². The Bertz CT molecular complexity index is 286. The molecule has 1 aromatic rings. The summed E-state index contributed by atoms with van der Waals surface area (Å²) in [5.74, 6) is 2.61. The molecule has 1 saturated heterocycles. The van der Waals surface area contributed by atoms with Crippen LogP contribution in [0.4, 0.5) is 0 Å². The Morgan fingerprint density at radius 2 is 2.50 bits per heavy atom. The smallest absolute Gasteiger partial charge is 0.0314 e. The van der Waals surface area contributed by atoms with Crippen LogP contribution in [0.25, 0.3) is 0 Å². The van der Waals surface area contributed by atoms with Gasteiger partial charge in [0.05, 0.1) is 0 Å². The Hall–Kier alpha value is 0.490. The minimum atomic E-state index is 0.737. The molecule has 1 nitrogen and oxygen atoms in total. The fraction of sp³-hybridized carbons (Fsp3) is 0.600. The molecule has 0 spiro atoms. The zero-order valence-electron chi connectivity index (χ0n) is 8.18. The molecule has 0 bridgehead atoms. The summed E-state index contributed by atoms with van der Waals surface area (Å²) in [5, 5.41) is 3.61. The van der Waals surface area contributed by atoms with Crippen LogP contribution in [-0.4, -0.2) is 17.5 Å². The standard InChI is InChI=1S/C10H14BrNS2/c1-7-10(11)4-9(14-7)5-12-8-2-3-13-6-8/h4,8,12H,2-3,5-6H2,1H3. The van der Waals surface area contributed by atoms with E-state index in [2.05, 4.69) is 46.0 Å². The molecule has 1 atom stereocenters. The van der Waals surface area contributed by atoms with Crippen molar-refractivity contribution in [2.75, 3.05) is 11.5 Å². The Kier molecular flexibility index (Phi) is 3.93. The minimum Gasteiger partial charge on any atom is -0.308 e. The van der Waals surface area contributed by atoms with Gasteiger partial charge in [-0.05, 0) is 41.1 Å². The van der Waals surface area contributed by atoms with E-state index in [4.69, 9.17) is 0 Å². The van der Waals surface area contributed by atoms with Crippen LogP contribution in [0.15, 0.2) is 10.5 Å². The third-order valence-electron chi connectivity index (χ3n) is 2.40. The molecule has 1 aromatic heterocycles. The van der Waals surface area contributed by atoms with Crippen molar-refractivity contribution in [1.82, 2.24) is 5.32 Å². The molecule has 0 saturated carbocycles. The maximum atomic E-state index is 3.61. The van der Waals surface area contributed by atoms with E-state index < -0.39 is 0 Å².